The molecule has 4 amide bonds. The van der Waals surface area contributed by atoms with Crippen LogP contribution in [0.1, 0.15) is 58.4 Å². The van der Waals surface area contributed by atoms with E-state index in [9.17, 15) is 26.8 Å². The molecule has 0 aromatic heterocycles. The lowest BCUT2D eigenvalue weighted by atomic mass is 9.87. The molecule has 1 saturated carbocycles. The lowest BCUT2D eigenvalue weighted by Gasteiger charge is -2.26. The Kier molecular flexibility index (Phi) is 8.40. The summed E-state index contributed by atoms with van der Waals surface area (Å²) in [5, 5.41) is 5.23. The molecule has 8 nitrogen and oxygen atoms in total. The van der Waals surface area contributed by atoms with E-state index >= 15 is 0 Å². The zero-order valence-electron chi connectivity index (χ0n) is 20.4. The molecule has 0 atom stereocenters. The van der Waals surface area contributed by atoms with Gasteiger partial charge in [0.25, 0.3) is 10.0 Å². The predicted octanol–water partition coefficient (Wildman–Crippen LogP) is 4.14. The molecule has 2 aliphatic rings. The second kappa shape index (κ2) is 10.9. The summed E-state index contributed by atoms with van der Waals surface area (Å²) in [6.07, 6.45) is 4.14. The van der Waals surface area contributed by atoms with Gasteiger partial charge in [-0.3, -0.25) is 4.90 Å². The number of hydrogen-bond acceptors (Lipinski definition) is 4. The van der Waals surface area contributed by atoms with Gasteiger partial charge < -0.3 is 10.6 Å². The Morgan fingerprint density at radius 3 is 2.31 bits per heavy atom. The van der Waals surface area contributed by atoms with Crippen molar-refractivity contribution in [3.63, 3.8) is 0 Å². The largest absolute Gasteiger partial charge is 0.352 e. The SMILES string of the molecule is CCC1=C(C)CN(C(=O)NCCc2ccc(S(=O)(=O)NC(=O)NC3CCC(C)CC3)cc2)C1(F)F. The third kappa shape index (κ3) is 6.50. The number of alkyl halides is 2. The topological polar surface area (TPSA) is 108 Å². The minimum Gasteiger partial charge on any atom is -0.337 e. The molecule has 1 aromatic rings. The van der Waals surface area contributed by atoms with E-state index in [0.717, 1.165) is 25.7 Å². The summed E-state index contributed by atoms with van der Waals surface area (Å²) in [5.41, 5.74) is 1.18. The van der Waals surface area contributed by atoms with Gasteiger partial charge in [0, 0.05) is 24.7 Å². The van der Waals surface area contributed by atoms with Crippen LogP contribution < -0.4 is 15.4 Å². The van der Waals surface area contributed by atoms with Crippen LogP contribution >= 0.6 is 0 Å². The fourth-order valence-corrected chi connectivity index (χ4v) is 5.53. The molecule has 3 rings (SSSR count). The van der Waals surface area contributed by atoms with Crippen LogP contribution in [0.25, 0.3) is 0 Å². The van der Waals surface area contributed by atoms with Crippen LogP contribution in [0.2, 0.25) is 0 Å². The molecule has 11 heteroatoms. The van der Waals surface area contributed by atoms with E-state index in [1.165, 1.54) is 12.1 Å². The van der Waals surface area contributed by atoms with Crippen molar-refractivity contribution in [1.29, 1.82) is 0 Å². The van der Waals surface area contributed by atoms with Gasteiger partial charge in [-0.15, -0.1) is 0 Å². The van der Waals surface area contributed by atoms with Crippen LogP contribution in [0.15, 0.2) is 40.3 Å². The standard InChI is InChI=1S/C24H34F2N4O4S/c1-4-21-17(3)15-30(24(21,25)26)23(32)27-14-13-18-7-11-20(12-8-18)35(33,34)29-22(31)28-19-9-5-16(2)6-10-19/h7-8,11-12,16,19H,4-6,9-10,13-15H2,1-3H3,(H,27,32)(H2,28,29,31). The molecule has 3 N–H and O–H groups in total. The number of halogens is 2. The number of carbonyl (C=O) groups is 2. The first kappa shape index (κ1) is 26.9. The predicted molar refractivity (Wildman–Crippen MR) is 128 cm³/mol. The van der Waals surface area contributed by atoms with Gasteiger partial charge in [0.05, 0.1) is 4.90 Å². The van der Waals surface area contributed by atoms with Crippen molar-refractivity contribution in [2.45, 2.75) is 76.3 Å². The molecule has 0 bridgehead atoms. The van der Waals surface area contributed by atoms with E-state index in [-0.39, 0.29) is 36.0 Å². The van der Waals surface area contributed by atoms with Crippen LogP contribution in [0, 0.1) is 5.92 Å². The fourth-order valence-electron chi connectivity index (χ4n) is 4.61. The minimum absolute atomic E-state index is 0.0277. The van der Waals surface area contributed by atoms with Crippen LogP contribution in [0.4, 0.5) is 18.4 Å². The summed E-state index contributed by atoms with van der Waals surface area (Å²) >= 11 is 0. The molecule has 0 unspecified atom stereocenters. The number of nitrogens with zero attached hydrogens (tertiary/aromatic N) is 1. The summed E-state index contributed by atoms with van der Waals surface area (Å²) in [5.74, 6) is 0.614. The maximum atomic E-state index is 14.4. The number of carbonyl (C=O) groups excluding carboxylic acids is 2. The third-order valence-electron chi connectivity index (χ3n) is 6.71. The Morgan fingerprint density at radius 2 is 1.74 bits per heavy atom. The van der Waals surface area contributed by atoms with E-state index in [2.05, 4.69) is 17.6 Å². The van der Waals surface area contributed by atoms with E-state index in [0.29, 0.717) is 28.4 Å². The summed E-state index contributed by atoms with van der Waals surface area (Å²) in [4.78, 5) is 24.9. The molecule has 194 valence electrons. The van der Waals surface area contributed by atoms with Crippen LogP contribution in [-0.4, -0.2) is 50.6 Å². The monoisotopic (exact) mass is 512 g/mol. The van der Waals surface area contributed by atoms with Crippen molar-refractivity contribution >= 4 is 22.1 Å². The highest BCUT2D eigenvalue weighted by Crippen LogP contribution is 2.39. The van der Waals surface area contributed by atoms with Gasteiger partial charge in [-0.05, 0) is 74.6 Å². The molecule has 1 aliphatic heterocycles. The minimum atomic E-state index is -4.04. The van der Waals surface area contributed by atoms with Crippen molar-refractivity contribution in [3.05, 3.63) is 41.0 Å². The second-order valence-electron chi connectivity index (χ2n) is 9.40. The molecule has 0 spiro atoms. The first-order valence-electron chi connectivity index (χ1n) is 12.0. The third-order valence-corrected chi connectivity index (χ3v) is 8.06. The Balaban J connectivity index is 1.48. The summed E-state index contributed by atoms with van der Waals surface area (Å²) in [7, 11) is -4.04. The highest BCUT2D eigenvalue weighted by molar-refractivity contribution is 7.90. The summed E-state index contributed by atoms with van der Waals surface area (Å²) in [6.45, 7) is 5.39. The zero-order chi connectivity index (χ0) is 25.8. The van der Waals surface area contributed by atoms with E-state index in [1.54, 1.807) is 26.0 Å². The van der Waals surface area contributed by atoms with Crippen LogP contribution in [-0.2, 0) is 16.4 Å². The normalized spacial score (nSPS) is 22.1. The number of nitrogens with one attached hydrogen (secondary N) is 3. The van der Waals surface area contributed by atoms with E-state index in [1.807, 2.05) is 4.72 Å². The lowest BCUT2D eigenvalue weighted by molar-refractivity contribution is -0.0709. The van der Waals surface area contributed by atoms with Crippen molar-refractivity contribution in [2.75, 3.05) is 13.1 Å². The first-order chi connectivity index (χ1) is 16.4. The molecule has 1 aromatic carbocycles. The number of hydrogen-bond donors (Lipinski definition) is 3. The van der Waals surface area contributed by atoms with E-state index in [4.69, 9.17) is 0 Å². The number of benzene rings is 1. The van der Waals surface area contributed by atoms with Crippen LogP contribution in [0.3, 0.4) is 0 Å². The quantitative estimate of drug-likeness (QED) is 0.377. The molecule has 1 aliphatic carbocycles. The Bertz CT molecular complexity index is 1070. The molecule has 0 saturated heterocycles. The zero-order valence-corrected chi connectivity index (χ0v) is 21.2. The van der Waals surface area contributed by atoms with Gasteiger partial charge in [-0.25, -0.2) is 22.7 Å². The molecule has 1 fully saturated rings. The highest BCUT2D eigenvalue weighted by Gasteiger charge is 2.48. The van der Waals surface area contributed by atoms with Crippen molar-refractivity contribution in [2.24, 2.45) is 5.92 Å². The number of sulfonamides is 1. The fraction of sp³-hybridized carbons (Fsp3) is 0.583. The lowest BCUT2D eigenvalue weighted by Crippen LogP contribution is -2.48. The van der Waals surface area contributed by atoms with Crippen molar-refractivity contribution in [3.8, 4) is 0 Å². The second-order valence-corrected chi connectivity index (χ2v) is 11.1. The Hall–Kier alpha value is -2.69. The molecular weight excluding hydrogens is 478 g/mol. The maximum Gasteiger partial charge on any atom is 0.352 e. The van der Waals surface area contributed by atoms with E-state index < -0.39 is 28.1 Å². The molecule has 35 heavy (non-hydrogen) atoms. The van der Waals surface area contributed by atoms with Gasteiger partial charge in [-0.2, -0.15) is 8.78 Å². The maximum absolute atomic E-state index is 14.4. The average Bonchev–Trinajstić information content (AvgIpc) is 3.02. The first-order valence-corrected chi connectivity index (χ1v) is 13.5. The van der Waals surface area contributed by atoms with Gasteiger partial charge in [0.15, 0.2) is 0 Å². The van der Waals surface area contributed by atoms with Gasteiger partial charge >= 0.3 is 18.1 Å². The summed E-state index contributed by atoms with van der Waals surface area (Å²) in [6, 6.07) is 0.931. The van der Waals surface area contributed by atoms with Crippen molar-refractivity contribution < 1.29 is 26.8 Å². The number of urea groups is 2. The Labute approximate surface area is 205 Å². The van der Waals surface area contributed by atoms with Gasteiger partial charge in [0.1, 0.15) is 0 Å². The highest BCUT2D eigenvalue weighted by atomic mass is 32.2. The number of rotatable bonds is 7. The van der Waals surface area contributed by atoms with Gasteiger partial charge in [0.2, 0.25) is 0 Å². The van der Waals surface area contributed by atoms with Crippen molar-refractivity contribution in [1.82, 2.24) is 20.3 Å². The van der Waals surface area contributed by atoms with Crippen LogP contribution in [0.5, 0.6) is 0 Å². The number of amides is 4. The average molecular weight is 513 g/mol. The molecule has 1 heterocycles. The smallest absolute Gasteiger partial charge is 0.337 e. The van der Waals surface area contributed by atoms with Gasteiger partial charge in [-0.1, -0.05) is 26.0 Å². The molecule has 0 radical (unpaired) electrons. The summed E-state index contributed by atoms with van der Waals surface area (Å²) < 4.78 is 56.0. The molecular formula is C24H34F2N4O4S. The Morgan fingerprint density at radius 1 is 1.11 bits per heavy atom.